The summed E-state index contributed by atoms with van der Waals surface area (Å²) in [6, 6.07) is 5.43. The van der Waals surface area contributed by atoms with Gasteiger partial charge in [0.15, 0.2) is 12.1 Å². The number of amides is 1. The van der Waals surface area contributed by atoms with Gasteiger partial charge in [-0.1, -0.05) is 0 Å². The van der Waals surface area contributed by atoms with Gasteiger partial charge < -0.3 is 9.88 Å². The highest BCUT2D eigenvalue weighted by atomic mass is 19.1. The second-order valence-electron chi connectivity index (χ2n) is 3.59. The molecule has 6 heteroatoms. The fourth-order valence-electron chi connectivity index (χ4n) is 1.46. The summed E-state index contributed by atoms with van der Waals surface area (Å²) in [4.78, 5) is 26.0. The number of rotatable bonds is 4. The number of carbonyl (C=O) groups is 2. The molecule has 1 N–H and O–H groups in total. The number of benzene rings is 1. The van der Waals surface area contributed by atoms with Crippen molar-refractivity contribution >= 4 is 17.9 Å². The van der Waals surface area contributed by atoms with Crippen LogP contribution in [-0.2, 0) is 11.3 Å². The topological polar surface area (TPSA) is 64.0 Å². The first-order chi connectivity index (χ1) is 8.69. The van der Waals surface area contributed by atoms with Crippen molar-refractivity contribution in [3.8, 4) is 0 Å². The molecule has 0 bridgehead atoms. The lowest BCUT2D eigenvalue weighted by molar-refractivity contribution is -0.116. The highest BCUT2D eigenvalue weighted by Crippen LogP contribution is 2.08. The molecule has 2 rings (SSSR count). The van der Waals surface area contributed by atoms with Gasteiger partial charge in [-0.2, -0.15) is 0 Å². The van der Waals surface area contributed by atoms with E-state index in [0.29, 0.717) is 12.0 Å². The van der Waals surface area contributed by atoms with Crippen LogP contribution in [0.25, 0.3) is 0 Å². The van der Waals surface area contributed by atoms with Crippen LogP contribution in [0.3, 0.4) is 0 Å². The maximum Gasteiger partial charge on any atom is 0.244 e. The minimum Gasteiger partial charge on any atom is -0.325 e. The Bertz CT molecular complexity index is 563. The summed E-state index contributed by atoms with van der Waals surface area (Å²) in [5.41, 5.74) is 0.495. The van der Waals surface area contributed by atoms with Gasteiger partial charge >= 0.3 is 0 Å². The highest BCUT2D eigenvalue weighted by molar-refractivity contribution is 5.90. The number of nitrogens with one attached hydrogen (secondary N) is 1. The van der Waals surface area contributed by atoms with Gasteiger partial charge in [-0.15, -0.1) is 0 Å². The number of aldehydes is 1. The van der Waals surface area contributed by atoms with Gasteiger partial charge in [-0.05, 0) is 24.3 Å². The Morgan fingerprint density at radius 3 is 2.78 bits per heavy atom. The molecule has 0 saturated heterocycles. The van der Waals surface area contributed by atoms with Crippen LogP contribution in [0.5, 0.6) is 0 Å². The van der Waals surface area contributed by atoms with Gasteiger partial charge in [0.1, 0.15) is 12.4 Å². The Kier molecular flexibility index (Phi) is 3.47. The van der Waals surface area contributed by atoms with E-state index in [1.165, 1.54) is 41.2 Å². The van der Waals surface area contributed by atoms with Crippen molar-refractivity contribution in [1.29, 1.82) is 0 Å². The molecule has 18 heavy (non-hydrogen) atoms. The van der Waals surface area contributed by atoms with E-state index < -0.39 is 0 Å². The molecule has 92 valence electrons. The largest absolute Gasteiger partial charge is 0.325 e. The lowest BCUT2D eigenvalue weighted by atomic mass is 10.3. The Labute approximate surface area is 102 Å². The standard InChI is InChI=1S/C12H10FN3O2/c13-9-1-3-10(4-2-9)15-12(18)7-16-6-5-14-11(16)8-17/h1-6,8H,7H2,(H,15,18). The first-order valence-corrected chi connectivity index (χ1v) is 5.21. The van der Waals surface area contributed by atoms with E-state index in [-0.39, 0.29) is 24.1 Å². The first kappa shape index (κ1) is 12.0. The zero-order chi connectivity index (χ0) is 13.0. The predicted molar refractivity (Wildman–Crippen MR) is 62.6 cm³/mol. The van der Waals surface area contributed by atoms with E-state index in [9.17, 15) is 14.0 Å². The van der Waals surface area contributed by atoms with Crippen LogP contribution in [0.4, 0.5) is 10.1 Å². The number of aromatic nitrogens is 2. The van der Waals surface area contributed by atoms with Crippen molar-refractivity contribution < 1.29 is 14.0 Å². The van der Waals surface area contributed by atoms with Crippen LogP contribution in [0.2, 0.25) is 0 Å². The van der Waals surface area contributed by atoms with Crippen LogP contribution in [0, 0.1) is 5.82 Å². The third kappa shape index (κ3) is 2.79. The third-order valence-electron chi connectivity index (χ3n) is 2.30. The molecule has 0 fully saturated rings. The minimum atomic E-state index is -0.370. The summed E-state index contributed by atoms with van der Waals surface area (Å²) in [6.07, 6.45) is 3.55. The molecule has 2 aromatic rings. The van der Waals surface area contributed by atoms with Crippen molar-refractivity contribution in [1.82, 2.24) is 9.55 Å². The molecule has 0 aliphatic rings. The average Bonchev–Trinajstić information content (AvgIpc) is 2.79. The zero-order valence-corrected chi connectivity index (χ0v) is 9.34. The number of hydrogen-bond acceptors (Lipinski definition) is 3. The molecule has 0 saturated carbocycles. The summed E-state index contributed by atoms with van der Waals surface area (Å²) in [5, 5.41) is 2.59. The van der Waals surface area contributed by atoms with Gasteiger partial charge in [-0.25, -0.2) is 9.37 Å². The van der Waals surface area contributed by atoms with Crippen molar-refractivity contribution in [3.63, 3.8) is 0 Å². The fourth-order valence-corrected chi connectivity index (χ4v) is 1.46. The minimum absolute atomic E-state index is 0.0224. The summed E-state index contributed by atoms with van der Waals surface area (Å²) in [5.74, 6) is -0.502. The number of carbonyl (C=O) groups excluding carboxylic acids is 2. The van der Waals surface area contributed by atoms with Gasteiger partial charge in [-0.3, -0.25) is 9.59 Å². The Morgan fingerprint density at radius 1 is 1.39 bits per heavy atom. The molecule has 0 radical (unpaired) electrons. The SMILES string of the molecule is O=Cc1nccn1CC(=O)Nc1ccc(F)cc1. The van der Waals surface area contributed by atoms with E-state index in [1.807, 2.05) is 0 Å². The van der Waals surface area contributed by atoms with E-state index >= 15 is 0 Å². The maximum absolute atomic E-state index is 12.7. The van der Waals surface area contributed by atoms with Crippen molar-refractivity contribution in [2.45, 2.75) is 6.54 Å². The Hall–Kier alpha value is -2.50. The van der Waals surface area contributed by atoms with Crippen LogP contribution in [-0.4, -0.2) is 21.7 Å². The lowest BCUT2D eigenvalue weighted by Gasteiger charge is -2.06. The Morgan fingerprint density at radius 2 is 2.11 bits per heavy atom. The molecule has 0 aliphatic heterocycles. The molecule has 1 amide bonds. The van der Waals surface area contributed by atoms with Crippen LogP contribution < -0.4 is 5.32 Å². The molecule has 0 atom stereocenters. The maximum atomic E-state index is 12.7. The van der Waals surface area contributed by atoms with E-state index in [1.54, 1.807) is 0 Å². The van der Waals surface area contributed by atoms with Crippen molar-refractivity contribution in [2.24, 2.45) is 0 Å². The Balaban J connectivity index is 2.01. The number of halogens is 1. The summed E-state index contributed by atoms with van der Waals surface area (Å²) in [7, 11) is 0. The zero-order valence-electron chi connectivity index (χ0n) is 9.34. The molecular formula is C12H10FN3O2. The third-order valence-corrected chi connectivity index (χ3v) is 2.30. The summed E-state index contributed by atoms with van der Waals surface area (Å²) in [6.45, 7) is -0.0224. The fraction of sp³-hybridized carbons (Fsp3) is 0.0833. The molecule has 1 heterocycles. The van der Waals surface area contributed by atoms with Crippen molar-refractivity contribution in [3.05, 3.63) is 48.3 Å². The van der Waals surface area contributed by atoms with E-state index in [2.05, 4.69) is 10.3 Å². The molecular weight excluding hydrogens is 237 g/mol. The number of imidazole rings is 1. The quantitative estimate of drug-likeness (QED) is 0.832. The highest BCUT2D eigenvalue weighted by Gasteiger charge is 2.07. The molecule has 1 aromatic heterocycles. The average molecular weight is 247 g/mol. The van der Waals surface area contributed by atoms with Crippen LogP contribution >= 0.6 is 0 Å². The van der Waals surface area contributed by atoms with Gasteiger partial charge in [0.2, 0.25) is 5.91 Å². The predicted octanol–water partition coefficient (Wildman–Crippen LogP) is 1.47. The van der Waals surface area contributed by atoms with Crippen LogP contribution in [0.15, 0.2) is 36.7 Å². The second-order valence-corrected chi connectivity index (χ2v) is 3.59. The molecule has 0 unspecified atom stereocenters. The first-order valence-electron chi connectivity index (χ1n) is 5.21. The normalized spacial score (nSPS) is 10.1. The summed E-state index contributed by atoms with van der Waals surface area (Å²) >= 11 is 0. The molecule has 0 aliphatic carbocycles. The van der Waals surface area contributed by atoms with Gasteiger partial charge in [0.05, 0.1) is 0 Å². The van der Waals surface area contributed by atoms with E-state index in [0.717, 1.165) is 0 Å². The van der Waals surface area contributed by atoms with Gasteiger partial charge in [0, 0.05) is 18.1 Å². The number of anilines is 1. The van der Waals surface area contributed by atoms with Gasteiger partial charge in [0.25, 0.3) is 0 Å². The smallest absolute Gasteiger partial charge is 0.244 e. The van der Waals surface area contributed by atoms with E-state index in [4.69, 9.17) is 0 Å². The number of hydrogen-bond donors (Lipinski definition) is 1. The summed E-state index contributed by atoms with van der Waals surface area (Å²) < 4.78 is 14.1. The molecule has 1 aromatic carbocycles. The van der Waals surface area contributed by atoms with Crippen molar-refractivity contribution in [2.75, 3.05) is 5.32 Å². The monoisotopic (exact) mass is 247 g/mol. The molecule has 0 spiro atoms. The molecule has 5 nitrogen and oxygen atoms in total. The second kappa shape index (κ2) is 5.22. The number of nitrogens with zero attached hydrogens (tertiary/aromatic N) is 2. The lowest BCUT2D eigenvalue weighted by Crippen LogP contribution is -2.19. The van der Waals surface area contributed by atoms with Crippen LogP contribution in [0.1, 0.15) is 10.6 Å².